The summed E-state index contributed by atoms with van der Waals surface area (Å²) in [6, 6.07) is 11.2. The number of hydrogen-bond acceptors (Lipinski definition) is 6. The van der Waals surface area contributed by atoms with Gasteiger partial charge in [0.2, 0.25) is 10.0 Å². The van der Waals surface area contributed by atoms with Gasteiger partial charge in [-0.15, -0.1) is 0 Å². The fraction of sp³-hybridized carbons (Fsp3) is 0.531. The second kappa shape index (κ2) is 13.6. The zero-order valence-electron chi connectivity index (χ0n) is 24.5. The number of sulfonamides is 1. The van der Waals surface area contributed by atoms with E-state index >= 15 is 0 Å². The number of aliphatic hydroxyl groups excluding tert-OH is 1. The summed E-state index contributed by atoms with van der Waals surface area (Å²) in [6.07, 6.45) is 8.19. The van der Waals surface area contributed by atoms with Crippen LogP contribution < -0.4 is 14.4 Å². The van der Waals surface area contributed by atoms with E-state index in [-0.39, 0.29) is 23.3 Å². The highest BCUT2D eigenvalue weighted by Gasteiger charge is 2.38. The molecule has 1 saturated carbocycles. The predicted octanol–water partition coefficient (Wildman–Crippen LogP) is 6.10. The average molecular weight is 603 g/mol. The van der Waals surface area contributed by atoms with E-state index in [9.17, 15) is 18.3 Å². The molecule has 2 N–H and O–H groups in total. The van der Waals surface area contributed by atoms with E-state index in [4.69, 9.17) is 16.3 Å². The molecule has 9 heteroatoms. The fourth-order valence-electron chi connectivity index (χ4n) is 5.73. The molecule has 1 aliphatic heterocycles. The number of aliphatic hydroxyl groups is 1. The standard InChI is InChI=1S/C32H43ClN2O5S/c1-5-7-9-30(36)28-13-10-24(28)18-35-19-25(27-14-12-26(33)16-22(27)8-6-2)20-40-31-15-11-23(17-29(31)35)32(37)34-41(38,39)21(3)4/h7,9,11-12,14-17,21,24-25,28,30,36H,5-6,8,10,13,18-20H2,1-4H3,(H,34,37)/b9-7+. The lowest BCUT2D eigenvalue weighted by atomic mass is 9.70. The summed E-state index contributed by atoms with van der Waals surface area (Å²) in [4.78, 5) is 15.3. The van der Waals surface area contributed by atoms with Crippen molar-refractivity contribution in [2.75, 3.05) is 24.6 Å². The third-order valence-corrected chi connectivity index (χ3v) is 10.2. The van der Waals surface area contributed by atoms with Gasteiger partial charge in [-0.2, -0.15) is 0 Å². The number of benzene rings is 2. The fourth-order valence-corrected chi connectivity index (χ4v) is 6.54. The van der Waals surface area contributed by atoms with E-state index < -0.39 is 27.3 Å². The first kappa shape index (κ1) is 31.4. The molecule has 1 amide bonds. The van der Waals surface area contributed by atoms with Crippen LogP contribution in [-0.4, -0.2) is 50.5 Å². The lowest BCUT2D eigenvalue weighted by Crippen LogP contribution is -2.44. The molecule has 7 nitrogen and oxygen atoms in total. The smallest absolute Gasteiger partial charge is 0.264 e. The summed E-state index contributed by atoms with van der Waals surface area (Å²) in [5, 5.41) is 10.8. The first-order chi connectivity index (χ1) is 19.5. The summed E-state index contributed by atoms with van der Waals surface area (Å²) >= 11 is 6.36. The maximum absolute atomic E-state index is 13.0. The lowest BCUT2D eigenvalue weighted by Gasteiger charge is -2.42. The summed E-state index contributed by atoms with van der Waals surface area (Å²) in [7, 11) is -3.77. The number of hydrogen-bond donors (Lipinski definition) is 2. The first-order valence-corrected chi connectivity index (χ1v) is 16.7. The maximum atomic E-state index is 13.0. The van der Waals surface area contributed by atoms with Crippen molar-refractivity contribution in [3.05, 3.63) is 70.3 Å². The zero-order valence-corrected chi connectivity index (χ0v) is 26.0. The van der Waals surface area contributed by atoms with Gasteiger partial charge in [0, 0.05) is 29.6 Å². The van der Waals surface area contributed by atoms with Gasteiger partial charge in [0.25, 0.3) is 5.91 Å². The Balaban J connectivity index is 1.68. The van der Waals surface area contributed by atoms with E-state index in [1.807, 2.05) is 24.3 Å². The number of halogens is 1. The number of amides is 1. The maximum Gasteiger partial charge on any atom is 0.264 e. The van der Waals surface area contributed by atoms with Crippen LogP contribution in [0.2, 0.25) is 5.02 Å². The Morgan fingerprint density at radius 3 is 2.63 bits per heavy atom. The van der Waals surface area contributed by atoms with Gasteiger partial charge in [-0.1, -0.05) is 50.1 Å². The molecule has 0 saturated heterocycles. The van der Waals surface area contributed by atoms with Gasteiger partial charge >= 0.3 is 0 Å². The topological polar surface area (TPSA) is 95.9 Å². The van der Waals surface area contributed by atoms with Crippen molar-refractivity contribution in [1.29, 1.82) is 0 Å². The SMILES string of the molecule is CC/C=C/C(O)C1CCC1CN1CC(c2ccc(Cl)cc2CCC)COc2ccc(C(=O)NS(=O)(=O)C(C)C)cc21. The summed E-state index contributed by atoms with van der Waals surface area (Å²) < 4.78 is 33.3. The van der Waals surface area contributed by atoms with Crippen LogP contribution in [0.25, 0.3) is 0 Å². The van der Waals surface area contributed by atoms with Crippen LogP contribution in [0, 0.1) is 11.8 Å². The molecule has 0 aromatic heterocycles. The number of allylic oxidation sites excluding steroid dienone is 1. The third-order valence-electron chi connectivity index (χ3n) is 8.30. The molecular weight excluding hydrogens is 560 g/mol. The van der Waals surface area contributed by atoms with Crippen molar-refractivity contribution >= 4 is 33.2 Å². The number of aryl methyl sites for hydroxylation is 1. The Bertz CT molecular complexity index is 1360. The Kier molecular flexibility index (Phi) is 10.4. The van der Waals surface area contributed by atoms with E-state index in [1.165, 1.54) is 25.0 Å². The van der Waals surface area contributed by atoms with Crippen molar-refractivity contribution in [2.24, 2.45) is 11.8 Å². The number of rotatable bonds is 11. The van der Waals surface area contributed by atoms with Gasteiger partial charge < -0.3 is 14.7 Å². The molecule has 4 atom stereocenters. The van der Waals surface area contributed by atoms with E-state index in [0.717, 1.165) is 37.8 Å². The Morgan fingerprint density at radius 1 is 1.20 bits per heavy atom. The normalized spacial score (nSPS) is 21.6. The Labute approximate surface area is 250 Å². The Hall–Kier alpha value is -2.55. The molecule has 2 aromatic carbocycles. The van der Waals surface area contributed by atoms with Gasteiger partial charge in [0.05, 0.1) is 23.6 Å². The van der Waals surface area contributed by atoms with Crippen LogP contribution in [0.5, 0.6) is 5.75 Å². The molecule has 4 unspecified atom stereocenters. The molecule has 2 aliphatic rings. The number of ether oxygens (including phenoxy) is 1. The molecular formula is C32H43ClN2O5S. The Morgan fingerprint density at radius 2 is 1.98 bits per heavy atom. The predicted molar refractivity (Wildman–Crippen MR) is 166 cm³/mol. The van der Waals surface area contributed by atoms with Crippen LogP contribution in [0.4, 0.5) is 5.69 Å². The highest BCUT2D eigenvalue weighted by molar-refractivity contribution is 7.90. The van der Waals surface area contributed by atoms with Crippen molar-refractivity contribution in [3.63, 3.8) is 0 Å². The second-order valence-electron chi connectivity index (χ2n) is 11.5. The molecule has 41 heavy (non-hydrogen) atoms. The summed E-state index contributed by atoms with van der Waals surface area (Å²) in [5.41, 5.74) is 3.43. The van der Waals surface area contributed by atoms with Crippen molar-refractivity contribution in [1.82, 2.24) is 4.72 Å². The molecule has 1 fully saturated rings. The van der Waals surface area contributed by atoms with Gasteiger partial charge in [-0.25, -0.2) is 13.1 Å². The van der Waals surface area contributed by atoms with E-state index in [2.05, 4.69) is 29.5 Å². The van der Waals surface area contributed by atoms with Gasteiger partial charge in [-0.05, 0) is 92.8 Å². The third kappa shape index (κ3) is 7.46. The van der Waals surface area contributed by atoms with E-state index in [0.29, 0.717) is 30.5 Å². The minimum atomic E-state index is -3.77. The van der Waals surface area contributed by atoms with Gasteiger partial charge in [0.1, 0.15) is 5.75 Å². The number of fused-ring (bicyclic) bond motifs is 1. The quantitative estimate of drug-likeness (QED) is 0.302. The van der Waals surface area contributed by atoms with E-state index in [1.54, 1.807) is 18.2 Å². The van der Waals surface area contributed by atoms with Crippen LogP contribution >= 0.6 is 11.6 Å². The van der Waals surface area contributed by atoms with Gasteiger partial charge in [0.15, 0.2) is 0 Å². The average Bonchev–Trinajstić information content (AvgIpc) is 3.09. The summed E-state index contributed by atoms with van der Waals surface area (Å²) in [5.74, 6) is 0.495. The number of anilines is 1. The molecule has 0 spiro atoms. The molecule has 0 bridgehead atoms. The summed E-state index contributed by atoms with van der Waals surface area (Å²) in [6.45, 7) is 9.09. The molecule has 0 radical (unpaired) electrons. The van der Waals surface area contributed by atoms with Crippen molar-refractivity contribution < 1.29 is 23.1 Å². The van der Waals surface area contributed by atoms with Crippen LogP contribution in [0.15, 0.2) is 48.6 Å². The second-order valence-corrected chi connectivity index (χ2v) is 14.2. The molecule has 1 aliphatic carbocycles. The number of carbonyl (C=O) groups is 1. The lowest BCUT2D eigenvalue weighted by molar-refractivity contribution is 0.0461. The van der Waals surface area contributed by atoms with Crippen LogP contribution in [0.3, 0.4) is 0 Å². The molecule has 1 heterocycles. The number of nitrogens with zero attached hydrogens (tertiary/aromatic N) is 1. The largest absolute Gasteiger partial charge is 0.491 e. The van der Waals surface area contributed by atoms with Gasteiger partial charge in [-0.3, -0.25) is 4.79 Å². The number of nitrogens with one attached hydrogen (secondary N) is 1. The monoisotopic (exact) mass is 602 g/mol. The molecule has 224 valence electrons. The van der Waals surface area contributed by atoms with Crippen LogP contribution in [0.1, 0.15) is 80.8 Å². The first-order valence-electron chi connectivity index (χ1n) is 14.7. The highest BCUT2D eigenvalue weighted by Crippen LogP contribution is 2.42. The molecule has 2 aromatic rings. The zero-order chi connectivity index (χ0) is 29.7. The van der Waals surface area contributed by atoms with Crippen molar-refractivity contribution in [2.45, 2.75) is 77.1 Å². The van der Waals surface area contributed by atoms with Crippen LogP contribution in [-0.2, 0) is 16.4 Å². The minimum absolute atomic E-state index is 0.0586. The number of carbonyl (C=O) groups excluding carboxylic acids is 1. The van der Waals surface area contributed by atoms with Crippen molar-refractivity contribution in [3.8, 4) is 5.75 Å². The highest BCUT2D eigenvalue weighted by atomic mass is 35.5. The minimum Gasteiger partial charge on any atom is -0.491 e. The molecule has 4 rings (SSSR count).